The minimum absolute atomic E-state index is 0.250. The van der Waals surface area contributed by atoms with Crippen LogP contribution < -0.4 is 10.8 Å². The Morgan fingerprint density at radius 1 is 1.78 bits per heavy atom. The third-order valence-electron chi connectivity index (χ3n) is 0.939. The molecule has 0 radical (unpaired) electrons. The summed E-state index contributed by atoms with van der Waals surface area (Å²) in [5, 5.41) is 9.98. The van der Waals surface area contributed by atoms with E-state index in [1.54, 1.807) is 6.08 Å². The van der Waals surface area contributed by atoms with Crippen molar-refractivity contribution in [3.8, 4) is 0 Å². The summed E-state index contributed by atoms with van der Waals surface area (Å²) in [4.78, 5) is 9.98. The van der Waals surface area contributed by atoms with Crippen molar-refractivity contribution in [3.63, 3.8) is 0 Å². The minimum atomic E-state index is -1.12. The topological polar surface area (TPSA) is 66.2 Å². The highest BCUT2D eigenvalue weighted by molar-refractivity contribution is 5.83. The Labute approximate surface area is 54.2 Å². The van der Waals surface area contributed by atoms with Crippen molar-refractivity contribution in [2.24, 2.45) is 5.73 Å². The standard InChI is InChI=1S/C6H11NO2/c1-5(6(8)9)3-2-4-7/h3H,2,4,7H2,1H3,(H,8,9)/p-1/b5-3+. The summed E-state index contributed by atoms with van der Waals surface area (Å²) < 4.78 is 0. The van der Waals surface area contributed by atoms with Crippen molar-refractivity contribution in [3.05, 3.63) is 11.6 Å². The molecule has 0 rings (SSSR count). The van der Waals surface area contributed by atoms with Gasteiger partial charge in [-0.2, -0.15) is 0 Å². The van der Waals surface area contributed by atoms with Gasteiger partial charge in [0.25, 0.3) is 0 Å². The van der Waals surface area contributed by atoms with E-state index < -0.39 is 5.97 Å². The Morgan fingerprint density at radius 3 is 2.67 bits per heavy atom. The molecule has 0 aromatic rings. The SMILES string of the molecule is C/C(=C\CCN)C(=O)[O-]. The first-order valence-electron chi connectivity index (χ1n) is 2.76. The molecule has 0 aromatic heterocycles. The number of hydrogen-bond acceptors (Lipinski definition) is 3. The van der Waals surface area contributed by atoms with Crippen molar-refractivity contribution in [1.29, 1.82) is 0 Å². The van der Waals surface area contributed by atoms with Gasteiger partial charge in [0.1, 0.15) is 0 Å². The molecule has 52 valence electrons. The minimum Gasteiger partial charge on any atom is -0.545 e. The predicted molar refractivity (Wildman–Crippen MR) is 32.4 cm³/mol. The number of rotatable bonds is 3. The fourth-order valence-electron chi connectivity index (χ4n) is 0.383. The van der Waals surface area contributed by atoms with Crippen LogP contribution in [0.5, 0.6) is 0 Å². The first-order valence-corrected chi connectivity index (χ1v) is 2.76. The first kappa shape index (κ1) is 8.17. The van der Waals surface area contributed by atoms with Crippen LogP contribution >= 0.6 is 0 Å². The Balaban J connectivity index is 3.69. The summed E-state index contributed by atoms with van der Waals surface area (Å²) in [5.41, 5.74) is 5.37. The van der Waals surface area contributed by atoms with E-state index in [0.29, 0.717) is 13.0 Å². The highest BCUT2D eigenvalue weighted by Gasteiger charge is 1.85. The number of nitrogens with two attached hydrogens (primary N) is 1. The van der Waals surface area contributed by atoms with Crippen LogP contribution in [0.15, 0.2) is 11.6 Å². The Hall–Kier alpha value is -0.830. The highest BCUT2D eigenvalue weighted by atomic mass is 16.4. The molecular weight excluding hydrogens is 118 g/mol. The van der Waals surface area contributed by atoms with Crippen LogP contribution in [0.25, 0.3) is 0 Å². The van der Waals surface area contributed by atoms with Crippen LogP contribution in [0.3, 0.4) is 0 Å². The maximum atomic E-state index is 9.98. The summed E-state index contributed by atoms with van der Waals surface area (Å²) in [6.07, 6.45) is 2.15. The second kappa shape index (κ2) is 4.09. The van der Waals surface area contributed by atoms with Gasteiger partial charge in [-0.3, -0.25) is 0 Å². The average molecular weight is 128 g/mol. The van der Waals surface area contributed by atoms with E-state index in [1.165, 1.54) is 6.92 Å². The van der Waals surface area contributed by atoms with Crippen LogP contribution in [-0.4, -0.2) is 12.5 Å². The molecule has 2 N–H and O–H groups in total. The monoisotopic (exact) mass is 128 g/mol. The van der Waals surface area contributed by atoms with Crippen LogP contribution in [0.1, 0.15) is 13.3 Å². The molecule has 0 saturated carbocycles. The maximum absolute atomic E-state index is 9.98. The summed E-state index contributed by atoms with van der Waals surface area (Å²) in [6, 6.07) is 0. The quantitative estimate of drug-likeness (QED) is 0.497. The van der Waals surface area contributed by atoms with Gasteiger partial charge in [0.05, 0.1) is 5.97 Å². The molecule has 0 aliphatic carbocycles. The van der Waals surface area contributed by atoms with Gasteiger partial charge in [-0.25, -0.2) is 0 Å². The van der Waals surface area contributed by atoms with Gasteiger partial charge in [0.15, 0.2) is 0 Å². The molecule has 0 fully saturated rings. The summed E-state index contributed by atoms with van der Waals surface area (Å²) in [7, 11) is 0. The van der Waals surface area contributed by atoms with E-state index in [2.05, 4.69) is 0 Å². The molecule has 0 spiro atoms. The predicted octanol–water partition coefficient (Wildman–Crippen LogP) is -0.969. The van der Waals surface area contributed by atoms with Crippen LogP contribution in [0.2, 0.25) is 0 Å². The molecule has 0 bridgehead atoms. The van der Waals surface area contributed by atoms with Gasteiger partial charge in [-0.05, 0) is 25.5 Å². The zero-order valence-electron chi connectivity index (χ0n) is 5.39. The molecular formula is C6H10NO2-. The Morgan fingerprint density at radius 2 is 2.33 bits per heavy atom. The smallest absolute Gasteiger partial charge is 0.0668 e. The van der Waals surface area contributed by atoms with Crippen LogP contribution in [0, 0.1) is 0 Å². The van der Waals surface area contributed by atoms with Crippen LogP contribution in [0.4, 0.5) is 0 Å². The average Bonchev–Trinajstić information content (AvgIpc) is 1.82. The first-order chi connectivity index (χ1) is 4.18. The van der Waals surface area contributed by atoms with Crippen molar-refractivity contribution in [2.45, 2.75) is 13.3 Å². The number of hydrogen-bond donors (Lipinski definition) is 1. The fourth-order valence-corrected chi connectivity index (χ4v) is 0.383. The maximum Gasteiger partial charge on any atom is 0.0668 e. The molecule has 0 unspecified atom stereocenters. The molecule has 0 aliphatic heterocycles. The lowest BCUT2D eigenvalue weighted by atomic mass is 10.2. The number of carboxylic acid groups (broad SMARTS) is 1. The van der Waals surface area contributed by atoms with Gasteiger partial charge >= 0.3 is 0 Å². The number of carboxylic acids is 1. The molecule has 0 amide bonds. The van der Waals surface area contributed by atoms with Crippen molar-refractivity contribution in [2.75, 3.05) is 6.54 Å². The second-order valence-corrected chi connectivity index (χ2v) is 1.75. The molecule has 0 aromatic carbocycles. The highest BCUT2D eigenvalue weighted by Crippen LogP contribution is 1.90. The van der Waals surface area contributed by atoms with Gasteiger partial charge < -0.3 is 15.6 Å². The van der Waals surface area contributed by atoms with E-state index in [1.807, 2.05) is 0 Å². The molecule has 0 saturated heterocycles. The zero-order chi connectivity index (χ0) is 7.28. The van der Waals surface area contributed by atoms with Crippen LogP contribution in [-0.2, 0) is 4.79 Å². The van der Waals surface area contributed by atoms with E-state index in [0.717, 1.165) is 0 Å². The van der Waals surface area contributed by atoms with Gasteiger partial charge in [-0.15, -0.1) is 0 Å². The van der Waals surface area contributed by atoms with E-state index in [4.69, 9.17) is 5.73 Å². The van der Waals surface area contributed by atoms with Gasteiger partial charge in [0.2, 0.25) is 0 Å². The molecule has 0 heterocycles. The van der Waals surface area contributed by atoms with E-state index in [-0.39, 0.29) is 5.57 Å². The van der Waals surface area contributed by atoms with E-state index in [9.17, 15) is 9.90 Å². The molecule has 3 nitrogen and oxygen atoms in total. The molecule has 3 heteroatoms. The number of carbonyl (C=O) groups excluding carboxylic acids is 1. The number of carbonyl (C=O) groups is 1. The lowest BCUT2D eigenvalue weighted by molar-refractivity contribution is -0.299. The summed E-state index contributed by atoms with van der Waals surface area (Å²) in [6.45, 7) is 1.97. The summed E-state index contributed by atoms with van der Waals surface area (Å²) in [5.74, 6) is -1.12. The fraction of sp³-hybridized carbons (Fsp3) is 0.500. The Bertz CT molecular complexity index is 129. The molecule has 0 atom stereocenters. The molecule has 9 heavy (non-hydrogen) atoms. The lowest BCUT2D eigenvalue weighted by Gasteiger charge is -1.99. The van der Waals surface area contributed by atoms with Crippen molar-refractivity contribution in [1.82, 2.24) is 0 Å². The summed E-state index contributed by atoms with van der Waals surface area (Å²) >= 11 is 0. The van der Waals surface area contributed by atoms with Gasteiger partial charge in [-0.1, -0.05) is 6.08 Å². The van der Waals surface area contributed by atoms with E-state index >= 15 is 0 Å². The normalized spacial score (nSPS) is 11.6. The largest absolute Gasteiger partial charge is 0.545 e. The third kappa shape index (κ3) is 3.73. The van der Waals surface area contributed by atoms with Crippen molar-refractivity contribution >= 4 is 5.97 Å². The zero-order valence-corrected chi connectivity index (χ0v) is 5.39. The second-order valence-electron chi connectivity index (χ2n) is 1.75. The molecule has 0 aliphatic rings. The Kier molecular flexibility index (Phi) is 3.71. The number of aliphatic carboxylic acids is 1. The van der Waals surface area contributed by atoms with Gasteiger partial charge in [0, 0.05) is 0 Å². The lowest BCUT2D eigenvalue weighted by Crippen LogP contribution is -2.23. The van der Waals surface area contributed by atoms with Crippen molar-refractivity contribution < 1.29 is 9.90 Å². The third-order valence-corrected chi connectivity index (χ3v) is 0.939.